The second kappa shape index (κ2) is 9.02. The Labute approximate surface area is 201 Å². The molecule has 2 N–H and O–H groups in total. The van der Waals surface area contributed by atoms with Gasteiger partial charge >= 0.3 is 0 Å². The third kappa shape index (κ3) is 4.24. The Hall–Kier alpha value is -4.52. The first-order valence-corrected chi connectivity index (χ1v) is 11.4. The number of pyridine rings is 2. The molecule has 35 heavy (non-hydrogen) atoms. The Morgan fingerprint density at radius 1 is 1.03 bits per heavy atom. The Bertz CT molecular complexity index is 1670. The lowest BCUT2D eigenvalue weighted by molar-refractivity contribution is 0.0937. The zero-order chi connectivity index (χ0) is 24.5. The predicted molar refractivity (Wildman–Crippen MR) is 135 cm³/mol. The highest BCUT2D eigenvalue weighted by Crippen LogP contribution is 2.15. The number of aromatic nitrogens is 3. The van der Waals surface area contributed by atoms with Crippen LogP contribution in [-0.2, 0) is 6.54 Å². The maximum Gasteiger partial charge on any atom is 0.267 e. The molecule has 3 heterocycles. The number of hydrogen-bond acceptors (Lipinski definition) is 4. The lowest BCUT2D eigenvalue weighted by Crippen LogP contribution is -2.36. The van der Waals surface area contributed by atoms with Gasteiger partial charge in [-0.15, -0.1) is 0 Å². The molecule has 7 nitrogen and oxygen atoms in total. The predicted octanol–water partition coefficient (Wildman–Crippen LogP) is 3.98. The van der Waals surface area contributed by atoms with Crippen molar-refractivity contribution >= 4 is 22.6 Å². The molecule has 0 aliphatic rings. The van der Waals surface area contributed by atoms with E-state index in [-0.39, 0.29) is 28.0 Å². The normalized spacial score (nSPS) is 12.1. The fourth-order valence-corrected chi connectivity index (χ4v) is 4.24. The zero-order valence-corrected chi connectivity index (χ0v) is 19.5. The van der Waals surface area contributed by atoms with Crippen molar-refractivity contribution in [1.82, 2.24) is 19.3 Å². The number of nitrogens with one attached hydrogen (secondary N) is 2. The molecule has 0 fully saturated rings. The number of fused-ring (bicyclic) bond motifs is 2. The average molecular weight is 464 g/mol. The number of amides is 1. The summed E-state index contributed by atoms with van der Waals surface area (Å²) in [5.41, 5.74) is 3.53. The quantitative estimate of drug-likeness (QED) is 0.386. The lowest BCUT2D eigenvalue weighted by Gasteiger charge is -2.17. The highest BCUT2D eigenvalue weighted by Gasteiger charge is 2.19. The van der Waals surface area contributed by atoms with Gasteiger partial charge in [-0.25, -0.2) is 4.98 Å². The van der Waals surface area contributed by atoms with E-state index >= 15 is 0 Å². The summed E-state index contributed by atoms with van der Waals surface area (Å²) in [6.07, 6.45) is 1.73. The number of hydrogen-bond donors (Lipinski definition) is 2. The third-order valence-electron chi connectivity index (χ3n) is 6.13. The average Bonchev–Trinajstić information content (AvgIpc) is 2.87. The fraction of sp³-hybridized carbons (Fsp3) is 0.143. The van der Waals surface area contributed by atoms with E-state index in [9.17, 15) is 9.59 Å². The van der Waals surface area contributed by atoms with Gasteiger partial charge in [0.2, 0.25) is 0 Å². The monoisotopic (exact) mass is 463 g/mol. The van der Waals surface area contributed by atoms with Crippen LogP contribution < -0.4 is 16.4 Å². The lowest BCUT2D eigenvalue weighted by atomic mass is 10.1. The SMILES string of the molecule is Cc1ccc2nc3c(cc(C(=O)N[C@@H](C)c4ccccc4)c(=N)n3Cc3ccccc3)c(=O)n2c1. The summed E-state index contributed by atoms with van der Waals surface area (Å²) in [5.74, 6) is -0.413. The molecule has 0 spiro atoms. The molecule has 0 bridgehead atoms. The van der Waals surface area contributed by atoms with Crippen LogP contribution in [0.2, 0.25) is 0 Å². The largest absolute Gasteiger partial charge is 0.345 e. The molecule has 7 heteroatoms. The van der Waals surface area contributed by atoms with Gasteiger partial charge in [-0.3, -0.25) is 19.4 Å². The van der Waals surface area contributed by atoms with E-state index in [1.165, 1.54) is 10.5 Å². The fourth-order valence-electron chi connectivity index (χ4n) is 4.24. The van der Waals surface area contributed by atoms with Crippen molar-refractivity contribution in [2.24, 2.45) is 0 Å². The Morgan fingerprint density at radius 3 is 2.43 bits per heavy atom. The van der Waals surface area contributed by atoms with Gasteiger partial charge in [0, 0.05) is 6.20 Å². The van der Waals surface area contributed by atoms with E-state index in [4.69, 9.17) is 10.4 Å². The number of carbonyl (C=O) groups excluding carboxylic acids is 1. The number of carbonyl (C=O) groups is 1. The Morgan fingerprint density at radius 2 is 1.71 bits per heavy atom. The molecule has 0 radical (unpaired) electrons. The molecule has 5 rings (SSSR count). The van der Waals surface area contributed by atoms with Crippen molar-refractivity contribution < 1.29 is 4.79 Å². The molecule has 5 aromatic rings. The standard InChI is InChI=1S/C28H25N5O2/c1-18-13-14-24-31-26-23(28(35)32(24)16-18)15-22(25(29)33(26)17-20-9-5-3-6-10-20)27(34)30-19(2)21-11-7-4-8-12-21/h3-16,19,29H,17H2,1-2H3,(H,30,34)/t19-/m0/s1. The van der Waals surface area contributed by atoms with Crippen molar-refractivity contribution in [2.75, 3.05) is 0 Å². The molecule has 0 unspecified atom stereocenters. The minimum atomic E-state index is -0.413. The van der Waals surface area contributed by atoms with Crippen LogP contribution in [-0.4, -0.2) is 19.9 Å². The van der Waals surface area contributed by atoms with Crippen molar-refractivity contribution in [3.63, 3.8) is 0 Å². The molecule has 2 aromatic carbocycles. The van der Waals surface area contributed by atoms with E-state index in [0.717, 1.165) is 16.7 Å². The molecule has 0 saturated heterocycles. The summed E-state index contributed by atoms with van der Waals surface area (Å²) in [7, 11) is 0. The summed E-state index contributed by atoms with van der Waals surface area (Å²) in [5, 5.41) is 12.2. The van der Waals surface area contributed by atoms with Crippen LogP contribution in [0.1, 0.15) is 40.0 Å². The van der Waals surface area contributed by atoms with Gasteiger partial charge in [-0.05, 0) is 42.7 Å². The van der Waals surface area contributed by atoms with Crippen LogP contribution in [0.5, 0.6) is 0 Å². The molecule has 0 aliphatic heterocycles. The first-order valence-electron chi connectivity index (χ1n) is 11.4. The summed E-state index contributed by atoms with van der Waals surface area (Å²) < 4.78 is 3.12. The second-order valence-corrected chi connectivity index (χ2v) is 8.67. The van der Waals surface area contributed by atoms with E-state index < -0.39 is 5.91 Å². The van der Waals surface area contributed by atoms with Crippen LogP contribution in [0.3, 0.4) is 0 Å². The maximum atomic E-state index is 13.5. The number of aryl methyl sites for hydroxylation is 1. The molecular weight excluding hydrogens is 438 g/mol. The second-order valence-electron chi connectivity index (χ2n) is 8.67. The van der Waals surface area contributed by atoms with Crippen molar-refractivity contribution in [3.05, 3.63) is 123 Å². The summed E-state index contributed by atoms with van der Waals surface area (Å²) >= 11 is 0. The summed E-state index contributed by atoms with van der Waals surface area (Å²) in [6.45, 7) is 4.10. The van der Waals surface area contributed by atoms with Gasteiger partial charge in [0.15, 0.2) is 0 Å². The summed E-state index contributed by atoms with van der Waals surface area (Å²) in [4.78, 5) is 31.6. The van der Waals surface area contributed by atoms with Crippen LogP contribution >= 0.6 is 0 Å². The van der Waals surface area contributed by atoms with E-state index in [1.807, 2.05) is 80.6 Å². The van der Waals surface area contributed by atoms with Crippen molar-refractivity contribution in [3.8, 4) is 0 Å². The molecule has 0 aliphatic carbocycles. The van der Waals surface area contributed by atoms with Crippen LogP contribution in [0.15, 0.2) is 89.9 Å². The molecular formula is C28H25N5O2. The maximum absolute atomic E-state index is 13.5. The summed E-state index contributed by atoms with van der Waals surface area (Å²) in [6, 6.07) is 24.2. The molecule has 0 saturated carbocycles. The molecule has 3 aromatic heterocycles. The minimum Gasteiger partial charge on any atom is -0.345 e. The zero-order valence-electron chi connectivity index (χ0n) is 19.5. The first-order chi connectivity index (χ1) is 16.9. The van der Waals surface area contributed by atoms with E-state index in [2.05, 4.69) is 5.32 Å². The molecule has 1 amide bonds. The van der Waals surface area contributed by atoms with Gasteiger partial charge in [0.05, 0.1) is 23.5 Å². The van der Waals surface area contributed by atoms with Crippen LogP contribution in [0, 0.1) is 12.3 Å². The Kier molecular flexibility index (Phi) is 5.74. The van der Waals surface area contributed by atoms with Gasteiger partial charge in [-0.2, -0.15) is 0 Å². The van der Waals surface area contributed by atoms with Gasteiger partial charge in [0.25, 0.3) is 11.5 Å². The highest BCUT2D eigenvalue weighted by molar-refractivity contribution is 5.97. The van der Waals surface area contributed by atoms with Gasteiger partial charge < -0.3 is 9.88 Å². The topological polar surface area (TPSA) is 92.2 Å². The molecule has 174 valence electrons. The minimum absolute atomic E-state index is 0.00229. The van der Waals surface area contributed by atoms with Crippen molar-refractivity contribution in [2.45, 2.75) is 26.4 Å². The number of benzene rings is 2. The van der Waals surface area contributed by atoms with E-state index in [1.54, 1.807) is 16.8 Å². The van der Waals surface area contributed by atoms with Gasteiger partial charge in [-0.1, -0.05) is 66.7 Å². The van der Waals surface area contributed by atoms with Crippen LogP contribution in [0.25, 0.3) is 16.7 Å². The first kappa shape index (κ1) is 22.3. The van der Waals surface area contributed by atoms with Gasteiger partial charge in [0.1, 0.15) is 16.8 Å². The highest BCUT2D eigenvalue weighted by atomic mass is 16.2. The van der Waals surface area contributed by atoms with Crippen LogP contribution in [0.4, 0.5) is 0 Å². The third-order valence-corrected chi connectivity index (χ3v) is 6.13. The van der Waals surface area contributed by atoms with E-state index in [0.29, 0.717) is 17.8 Å². The number of nitrogens with zero attached hydrogens (tertiary/aromatic N) is 3. The Balaban J connectivity index is 1.70. The van der Waals surface area contributed by atoms with Crippen molar-refractivity contribution in [1.29, 1.82) is 5.41 Å². The molecule has 1 atom stereocenters. The smallest absolute Gasteiger partial charge is 0.267 e. The number of rotatable bonds is 5.